The van der Waals surface area contributed by atoms with Gasteiger partial charge in [-0.15, -0.1) is 0 Å². The van der Waals surface area contributed by atoms with Crippen molar-refractivity contribution in [2.45, 2.75) is 32.0 Å². The fourth-order valence-electron chi connectivity index (χ4n) is 4.59. The molecule has 2 atom stereocenters. The quantitative estimate of drug-likeness (QED) is 0.242. The Morgan fingerprint density at radius 2 is 1.79 bits per heavy atom. The summed E-state index contributed by atoms with van der Waals surface area (Å²) in [6, 6.07) is 21.8. The summed E-state index contributed by atoms with van der Waals surface area (Å²) in [5.41, 5.74) is 4.00. The van der Waals surface area contributed by atoms with Crippen molar-refractivity contribution >= 4 is 44.2 Å². The molecule has 0 aliphatic carbocycles. The number of rotatable bonds is 11. The highest BCUT2D eigenvalue weighted by atomic mass is 35.5. The van der Waals surface area contributed by atoms with Gasteiger partial charge in [-0.25, -0.2) is 13.2 Å². The fraction of sp³-hybridized carbons (Fsp3) is 0.276. The van der Waals surface area contributed by atoms with Crippen LogP contribution in [0.15, 0.2) is 72.8 Å². The van der Waals surface area contributed by atoms with Crippen LogP contribution < -0.4 is 9.62 Å². The van der Waals surface area contributed by atoms with Crippen LogP contribution in [0.25, 0.3) is 10.9 Å². The zero-order chi connectivity index (χ0) is 28.3. The number of aromatic carboxylic acids is 1. The monoisotopic (exact) mass is 569 g/mol. The Morgan fingerprint density at radius 3 is 2.49 bits per heavy atom. The minimum absolute atomic E-state index is 0.0619. The third kappa shape index (κ3) is 6.99. The van der Waals surface area contributed by atoms with Crippen molar-refractivity contribution in [3.8, 4) is 0 Å². The number of benzene rings is 3. The molecule has 0 amide bonds. The minimum Gasteiger partial charge on any atom is -0.477 e. The van der Waals surface area contributed by atoms with Gasteiger partial charge in [0, 0.05) is 42.1 Å². The molecule has 206 valence electrons. The number of aliphatic hydroxyl groups is 1. The maximum absolute atomic E-state index is 12.1. The summed E-state index contributed by atoms with van der Waals surface area (Å²) in [5, 5.41) is 25.1. The van der Waals surface area contributed by atoms with Gasteiger partial charge >= 0.3 is 5.97 Å². The zero-order valence-corrected chi connectivity index (χ0v) is 23.6. The molecule has 39 heavy (non-hydrogen) atoms. The smallest absolute Gasteiger partial charge is 0.352 e. The van der Waals surface area contributed by atoms with Crippen LogP contribution in [0, 0.1) is 0 Å². The Labute approximate surface area is 233 Å². The maximum atomic E-state index is 12.1. The molecular formula is C29H32ClN3O5S. The normalized spacial score (nSPS) is 13.4. The van der Waals surface area contributed by atoms with Gasteiger partial charge in [0.2, 0.25) is 10.0 Å². The molecule has 8 nitrogen and oxygen atoms in total. The second kappa shape index (κ2) is 11.8. The first kappa shape index (κ1) is 28.6. The molecule has 1 aromatic heterocycles. The first-order chi connectivity index (χ1) is 18.4. The summed E-state index contributed by atoms with van der Waals surface area (Å²) >= 11 is 6.03. The van der Waals surface area contributed by atoms with Gasteiger partial charge in [0.05, 0.1) is 18.0 Å². The van der Waals surface area contributed by atoms with E-state index in [1.807, 2.05) is 43.3 Å². The summed E-state index contributed by atoms with van der Waals surface area (Å²) in [6.45, 7) is 2.68. The third-order valence-electron chi connectivity index (χ3n) is 6.73. The highest BCUT2D eigenvalue weighted by molar-refractivity contribution is 7.92. The van der Waals surface area contributed by atoms with Crippen LogP contribution in [0.1, 0.15) is 40.2 Å². The van der Waals surface area contributed by atoms with Gasteiger partial charge in [-0.05, 0) is 72.5 Å². The Bertz CT molecular complexity index is 1600. The number of hydrogen-bond acceptors (Lipinski definition) is 5. The number of fused-ring (bicyclic) bond motifs is 1. The molecule has 4 aromatic rings. The lowest BCUT2D eigenvalue weighted by Gasteiger charge is -2.18. The topological polar surface area (TPSA) is 112 Å². The minimum atomic E-state index is -3.42. The van der Waals surface area contributed by atoms with Crippen molar-refractivity contribution in [1.29, 1.82) is 0 Å². The predicted molar refractivity (Wildman–Crippen MR) is 155 cm³/mol. The van der Waals surface area contributed by atoms with Crippen molar-refractivity contribution in [3.63, 3.8) is 0 Å². The van der Waals surface area contributed by atoms with Gasteiger partial charge in [0.25, 0.3) is 0 Å². The van der Waals surface area contributed by atoms with Crippen LogP contribution in [0.3, 0.4) is 0 Å². The third-order valence-corrected chi connectivity index (χ3v) is 8.17. The maximum Gasteiger partial charge on any atom is 0.352 e. The summed E-state index contributed by atoms with van der Waals surface area (Å²) in [5.74, 6) is -1.04. The van der Waals surface area contributed by atoms with E-state index >= 15 is 0 Å². The largest absolute Gasteiger partial charge is 0.477 e. The van der Waals surface area contributed by atoms with E-state index in [-0.39, 0.29) is 18.3 Å². The number of carbonyl (C=O) groups is 1. The van der Waals surface area contributed by atoms with Gasteiger partial charge in [-0.3, -0.25) is 4.31 Å². The molecule has 0 aliphatic heterocycles. The average Bonchev–Trinajstić information content (AvgIpc) is 3.24. The van der Waals surface area contributed by atoms with Crippen molar-refractivity contribution < 1.29 is 23.4 Å². The molecule has 0 fully saturated rings. The molecule has 10 heteroatoms. The van der Waals surface area contributed by atoms with E-state index < -0.39 is 22.1 Å². The number of halogens is 1. The SMILES string of the molecule is CC(Cc1ccc2c(c1)cc(C(=O)O)n2Cc1cccc(N(C)S(C)(=O)=O)c1)NCC(O)c1cccc(Cl)c1. The number of aliphatic hydroxyl groups excluding tert-OH is 1. The summed E-state index contributed by atoms with van der Waals surface area (Å²) in [6.07, 6.45) is 1.14. The van der Waals surface area contributed by atoms with Crippen LogP contribution >= 0.6 is 11.6 Å². The van der Waals surface area contributed by atoms with Crippen molar-refractivity contribution in [2.75, 3.05) is 24.2 Å². The lowest BCUT2D eigenvalue weighted by molar-refractivity contribution is 0.0686. The summed E-state index contributed by atoms with van der Waals surface area (Å²) in [7, 11) is -1.94. The molecule has 2 unspecified atom stereocenters. The highest BCUT2D eigenvalue weighted by Crippen LogP contribution is 2.25. The van der Waals surface area contributed by atoms with Crippen LogP contribution in [0.2, 0.25) is 5.02 Å². The van der Waals surface area contributed by atoms with Gasteiger partial charge in [0.15, 0.2) is 0 Å². The second-order valence-corrected chi connectivity index (χ2v) is 12.2. The summed E-state index contributed by atoms with van der Waals surface area (Å²) < 4.78 is 26.8. The average molecular weight is 570 g/mol. The number of carboxylic acids is 1. The van der Waals surface area contributed by atoms with Crippen LogP contribution in [0.5, 0.6) is 0 Å². The Balaban J connectivity index is 1.51. The van der Waals surface area contributed by atoms with Crippen molar-refractivity contribution in [1.82, 2.24) is 9.88 Å². The van der Waals surface area contributed by atoms with E-state index in [4.69, 9.17) is 11.6 Å². The number of carboxylic acid groups (broad SMARTS) is 1. The first-order valence-electron chi connectivity index (χ1n) is 12.5. The molecule has 0 aliphatic rings. The van der Waals surface area contributed by atoms with Gasteiger partial charge in [0.1, 0.15) is 5.69 Å². The van der Waals surface area contributed by atoms with Crippen LogP contribution in [-0.4, -0.2) is 55.1 Å². The van der Waals surface area contributed by atoms with E-state index in [1.54, 1.807) is 41.0 Å². The van der Waals surface area contributed by atoms with Crippen molar-refractivity contribution in [2.24, 2.45) is 0 Å². The first-order valence-corrected chi connectivity index (χ1v) is 14.7. The van der Waals surface area contributed by atoms with Crippen LogP contribution in [-0.2, 0) is 23.0 Å². The van der Waals surface area contributed by atoms with Gasteiger partial charge < -0.3 is 20.1 Å². The number of nitrogens with one attached hydrogen (secondary N) is 1. The Kier molecular flexibility index (Phi) is 8.66. The molecular weight excluding hydrogens is 538 g/mol. The van der Waals surface area contributed by atoms with Crippen molar-refractivity contribution in [3.05, 3.63) is 100 Å². The number of hydrogen-bond donors (Lipinski definition) is 3. The van der Waals surface area contributed by atoms with Gasteiger partial charge in [-0.2, -0.15) is 0 Å². The fourth-order valence-corrected chi connectivity index (χ4v) is 5.29. The van der Waals surface area contributed by atoms with Gasteiger partial charge in [-0.1, -0.05) is 41.9 Å². The molecule has 4 rings (SSSR count). The second-order valence-electron chi connectivity index (χ2n) is 9.80. The number of sulfonamides is 1. The lowest BCUT2D eigenvalue weighted by Crippen LogP contribution is -2.32. The van der Waals surface area contributed by atoms with E-state index in [2.05, 4.69) is 5.32 Å². The molecule has 0 saturated carbocycles. The molecule has 0 radical (unpaired) electrons. The lowest BCUT2D eigenvalue weighted by atomic mass is 10.0. The molecule has 0 saturated heterocycles. The standard InChI is InChI=1S/C29H32ClN3O5S/c1-19(31-17-28(34)22-7-5-8-24(30)15-22)12-20-10-11-26-23(13-20)16-27(29(35)36)33(26)18-21-6-4-9-25(14-21)32(2)39(3,37)38/h4-11,13-16,19,28,31,34H,12,17-18H2,1-3H3,(H,35,36). The molecule has 1 heterocycles. The van der Waals surface area contributed by atoms with E-state index in [9.17, 15) is 23.4 Å². The van der Waals surface area contributed by atoms with E-state index in [1.165, 1.54) is 11.4 Å². The number of nitrogens with zero attached hydrogens (tertiary/aromatic N) is 2. The summed E-state index contributed by atoms with van der Waals surface area (Å²) in [4.78, 5) is 12.1. The molecule has 0 bridgehead atoms. The van der Waals surface area contributed by atoms with E-state index in [0.29, 0.717) is 23.7 Å². The molecule has 0 spiro atoms. The highest BCUT2D eigenvalue weighted by Gasteiger charge is 2.18. The predicted octanol–water partition coefficient (Wildman–Crippen LogP) is 4.69. The van der Waals surface area contributed by atoms with E-state index in [0.717, 1.165) is 33.8 Å². The Hall–Kier alpha value is -3.37. The number of anilines is 1. The molecule has 3 N–H and O–H groups in total. The Morgan fingerprint density at radius 1 is 1.05 bits per heavy atom. The number of aromatic nitrogens is 1. The van der Waals surface area contributed by atoms with Crippen LogP contribution in [0.4, 0.5) is 5.69 Å². The molecule has 3 aromatic carbocycles. The zero-order valence-electron chi connectivity index (χ0n) is 22.0.